The van der Waals surface area contributed by atoms with Crippen LogP contribution in [0.5, 0.6) is 5.75 Å². The molecule has 10 heteroatoms. The third kappa shape index (κ3) is 6.47. The van der Waals surface area contributed by atoms with Crippen LogP contribution in [0.25, 0.3) is 0 Å². The third-order valence-corrected chi connectivity index (χ3v) is 4.17. The number of hydrogen-bond donors (Lipinski definition) is 4. The quantitative estimate of drug-likeness (QED) is 0.266. The van der Waals surface area contributed by atoms with Gasteiger partial charge in [-0.1, -0.05) is 12.1 Å². The summed E-state index contributed by atoms with van der Waals surface area (Å²) in [4.78, 5) is 33.9. The molecule has 29 heavy (non-hydrogen) atoms. The maximum absolute atomic E-state index is 12.2. The Morgan fingerprint density at radius 2 is 1.93 bits per heavy atom. The Labute approximate surface area is 166 Å². The zero-order valence-electron chi connectivity index (χ0n) is 15.8. The fourth-order valence-corrected chi connectivity index (χ4v) is 2.58. The van der Waals surface area contributed by atoms with Crippen LogP contribution < -0.4 is 21.1 Å². The van der Waals surface area contributed by atoms with E-state index >= 15 is 0 Å². The number of hydrogen-bond acceptors (Lipinski definition) is 7. The van der Waals surface area contributed by atoms with Crippen LogP contribution in [0.15, 0.2) is 42.5 Å². The van der Waals surface area contributed by atoms with Gasteiger partial charge in [0, 0.05) is 12.1 Å². The lowest BCUT2D eigenvalue weighted by Gasteiger charge is -2.15. The van der Waals surface area contributed by atoms with Crippen molar-refractivity contribution in [3.05, 3.63) is 58.1 Å². The van der Waals surface area contributed by atoms with Gasteiger partial charge in [-0.2, -0.15) is 0 Å². The van der Waals surface area contributed by atoms with E-state index in [1.807, 2.05) is 12.1 Å². The summed E-state index contributed by atoms with van der Waals surface area (Å²) >= 11 is 0. The molecule has 1 unspecified atom stereocenters. The first-order valence-corrected chi connectivity index (χ1v) is 8.73. The Balaban J connectivity index is 1.92. The molecule has 0 bridgehead atoms. The van der Waals surface area contributed by atoms with Crippen molar-refractivity contribution in [3.8, 4) is 5.75 Å². The summed E-state index contributed by atoms with van der Waals surface area (Å²) in [7, 11) is 1.57. The second kappa shape index (κ2) is 10.0. The molecule has 2 aromatic carbocycles. The number of rotatable bonds is 10. The number of nitrogens with one attached hydrogen (secondary N) is 2. The van der Waals surface area contributed by atoms with Gasteiger partial charge in [0.05, 0.1) is 29.8 Å². The van der Waals surface area contributed by atoms with E-state index in [4.69, 9.17) is 10.5 Å². The van der Waals surface area contributed by atoms with Gasteiger partial charge in [0.25, 0.3) is 5.69 Å². The summed E-state index contributed by atoms with van der Waals surface area (Å²) in [5.74, 6) is -1.08. The van der Waals surface area contributed by atoms with Crippen molar-refractivity contribution >= 4 is 28.9 Å². The molecule has 0 spiro atoms. The van der Waals surface area contributed by atoms with Gasteiger partial charge < -0.3 is 26.2 Å². The smallest absolute Gasteiger partial charge is 0.321 e. The number of aliphatic carboxylic acids is 1. The number of nitro groups is 1. The highest BCUT2D eigenvalue weighted by molar-refractivity contribution is 5.96. The van der Waals surface area contributed by atoms with E-state index in [1.165, 1.54) is 12.1 Å². The predicted octanol–water partition coefficient (Wildman–Crippen LogP) is 1.80. The van der Waals surface area contributed by atoms with Gasteiger partial charge in [0.1, 0.15) is 11.8 Å². The minimum atomic E-state index is -1.18. The zero-order chi connectivity index (χ0) is 21.4. The van der Waals surface area contributed by atoms with E-state index in [1.54, 1.807) is 19.2 Å². The summed E-state index contributed by atoms with van der Waals surface area (Å²) in [5.41, 5.74) is 6.67. The number of amides is 1. The molecule has 0 aliphatic carbocycles. The molecule has 0 saturated carbocycles. The monoisotopic (exact) mass is 402 g/mol. The van der Waals surface area contributed by atoms with Gasteiger partial charge in [0.15, 0.2) is 0 Å². The van der Waals surface area contributed by atoms with Crippen LogP contribution in [0.4, 0.5) is 17.1 Å². The highest BCUT2D eigenvalue weighted by atomic mass is 16.6. The lowest BCUT2D eigenvalue weighted by Crippen LogP contribution is -2.40. The van der Waals surface area contributed by atoms with Crippen LogP contribution in [0.1, 0.15) is 12.0 Å². The van der Waals surface area contributed by atoms with Crippen LogP contribution in [-0.2, 0) is 16.0 Å². The SMILES string of the molecule is COc1ccc(CCNC(CC(=O)Nc2cc([N+](=O)[O-])ccc2N)C(=O)O)cc1. The summed E-state index contributed by atoms with van der Waals surface area (Å²) in [6.07, 6.45) is 0.202. The molecule has 0 aromatic heterocycles. The van der Waals surface area contributed by atoms with Gasteiger partial charge >= 0.3 is 5.97 Å². The van der Waals surface area contributed by atoms with Crippen molar-refractivity contribution in [1.29, 1.82) is 0 Å². The van der Waals surface area contributed by atoms with E-state index in [2.05, 4.69) is 10.6 Å². The minimum Gasteiger partial charge on any atom is -0.497 e. The fraction of sp³-hybridized carbons (Fsp3) is 0.263. The number of carboxylic acids is 1. The number of carbonyl (C=O) groups excluding carboxylic acids is 1. The zero-order valence-corrected chi connectivity index (χ0v) is 15.8. The molecule has 0 aliphatic rings. The van der Waals surface area contributed by atoms with Crippen LogP contribution in [-0.4, -0.2) is 41.6 Å². The van der Waals surface area contributed by atoms with Gasteiger partial charge in [-0.15, -0.1) is 0 Å². The van der Waals surface area contributed by atoms with Crippen molar-refractivity contribution in [2.24, 2.45) is 0 Å². The van der Waals surface area contributed by atoms with Crippen LogP contribution in [0, 0.1) is 10.1 Å². The number of benzene rings is 2. The molecule has 5 N–H and O–H groups in total. The number of nitrogens with two attached hydrogens (primary N) is 1. The van der Waals surface area contributed by atoms with Crippen molar-refractivity contribution in [2.75, 3.05) is 24.7 Å². The Morgan fingerprint density at radius 3 is 2.52 bits per heavy atom. The lowest BCUT2D eigenvalue weighted by molar-refractivity contribution is -0.384. The summed E-state index contributed by atoms with van der Waals surface area (Å²) in [6, 6.07) is 9.87. The molecular formula is C19H22N4O6. The largest absolute Gasteiger partial charge is 0.497 e. The number of anilines is 2. The maximum atomic E-state index is 12.2. The lowest BCUT2D eigenvalue weighted by atomic mass is 10.1. The highest BCUT2D eigenvalue weighted by Crippen LogP contribution is 2.24. The number of carbonyl (C=O) groups is 2. The first-order valence-electron chi connectivity index (χ1n) is 8.73. The number of non-ortho nitro benzene ring substituents is 1. The van der Waals surface area contributed by atoms with Gasteiger partial charge in [-0.05, 0) is 36.7 Å². The Kier molecular flexibility index (Phi) is 7.49. The molecule has 0 fully saturated rings. The second-order valence-corrected chi connectivity index (χ2v) is 6.22. The van der Waals surface area contributed by atoms with Crippen LogP contribution >= 0.6 is 0 Å². The molecule has 10 nitrogen and oxygen atoms in total. The van der Waals surface area contributed by atoms with Crippen LogP contribution in [0.2, 0.25) is 0 Å². The van der Waals surface area contributed by atoms with E-state index in [9.17, 15) is 24.8 Å². The van der Waals surface area contributed by atoms with Crippen molar-refractivity contribution in [3.63, 3.8) is 0 Å². The number of nitrogen functional groups attached to an aromatic ring is 1. The van der Waals surface area contributed by atoms with E-state index in [0.29, 0.717) is 13.0 Å². The van der Waals surface area contributed by atoms with Crippen molar-refractivity contribution in [2.45, 2.75) is 18.9 Å². The average Bonchev–Trinajstić information content (AvgIpc) is 2.69. The number of methoxy groups -OCH3 is 1. The molecular weight excluding hydrogens is 380 g/mol. The Morgan fingerprint density at radius 1 is 1.24 bits per heavy atom. The first kappa shape index (κ1) is 21.6. The van der Waals surface area contributed by atoms with Gasteiger partial charge in [-0.3, -0.25) is 19.7 Å². The molecule has 0 aliphatic heterocycles. The molecule has 0 radical (unpaired) electrons. The van der Waals surface area contributed by atoms with E-state index in [-0.39, 0.29) is 23.5 Å². The fourth-order valence-electron chi connectivity index (χ4n) is 2.58. The molecule has 0 saturated heterocycles. The highest BCUT2D eigenvalue weighted by Gasteiger charge is 2.21. The molecule has 2 aromatic rings. The molecule has 0 heterocycles. The molecule has 154 valence electrons. The number of ether oxygens (including phenoxy) is 1. The number of nitrogens with zero attached hydrogens (tertiary/aromatic N) is 1. The molecule has 1 amide bonds. The maximum Gasteiger partial charge on any atom is 0.321 e. The number of nitro benzene ring substituents is 1. The van der Waals surface area contributed by atoms with Gasteiger partial charge in [-0.25, -0.2) is 0 Å². The van der Waals surface area contributed by atoms with Crippen LogP contribution in [0.3, 0.4) is 0 Å². The minimum absolute atomic E-state index is 0.0616. The van der Waals surface area contributed by atoms with Crippen molar-refractivity contribution in [1.82, 2.24) is 5.32 Å². The predicted molar refractivity (Wildman–Crippen MR) is 107 cm³/mol. The van der Waals surface area contributed by atoms with E-state index < -0.39 is 22.8 Å². The van der Waals surface area contributed by atoms with Crippen molar-refractivity contribution < 1.29 is 24.4 Å². The third-order valence-electron chi connectivity index (χ3n) is 4.17. The average molecular weight is 402 g/mol. The van der Waals surface area contributed by atoms with Gasteiger partial charge in [0.2, 0.25) is 5.91 Å². The first-order chi connectivity index (χ1) is 13.8. The molecule has 2 rings (SSSR count). The topological polar surface area (TPSA) is 157 Å². The Bertz CT molecular complexity index is 885. The van der Waals surface area contributed by atoms with E-state index in [0.717, 1.165) is 17.4 Å². The Hall–Kier alpha value is -3.66. The summed E-state index contributed by atoms with van der Waals surface area (Å²) < 4.78 is 5.08. The summed E-state index contributed by atoms with van der Waals surface area (Å²) in [5, 5.41) is 25.4. The number of carboxylic acid groups (broad SMARTS) is 1. The molecule has 1 atom stereocenters. The summed E-state index contributed by atoms with van der Waals surface area (Å²) in [6.45, 7) is 0.343. The normalized spacial score (nSPS) is 11.5. The standard InChI is InChI=1S/C19H22N4O6/c1-29-14-5-2-12(3-6-14)8-9-21-17(19(25)26)11-18(24)22-16-10-13(23(27)28)4-7-15(16)20/h2-7,10,17,21H,8-9,11,20H2,1H3,(H,22,24)(H,25,26). The second-order valence-electron chi connectivity index (χ2n) is 6.22.